The summed E-state index contributed by atoms with van der Waals surface area (Å²) in [6.07, 6.45) is 6.56. The molecule has 0 amide bonds. The van der Waals surface area contributed by atoms with Crippen LogP contribution in [0.3, 0.4) is 0 Å². The lowest BCUT2D eigenvalue weighted by Gasteiger charge is -2.41. The zero-order valence-corrected chi connectivity index (χ0v) is 40.1. The highest BCUT2D eigenvalue weighted by Gasteiger charge is 2.44. The number of aliphatic hydroxyl groups is 1. The van der Waals surface area contributed by atoms with Crippen molar-refractivity contribution in [2.45, 2.75) is 111 Å². The summed E-state index contributed by atoms with van der Waals surface area (Å²) < 4.78 is 0. The molecule has 4 nitrogen and oxygen atoms in total. The number of aryl methyl sites for hydroxylation is 4. The number of carbonyl (C=O) groups excluding carboxylic acids is 1. The first kappa shape index (κ1) is 46.9. The summed E-state index contributed by atoms with van der Waals surface area (Å²) >= 11 is 0. The van der Waals surface area contributed by atoms with Gasteiger partial charge in [-0.25, -0.2) is 0 Å². The summed E-state index contributed by atoms with van der Waals surface area (Å²) in [5, 5.41) is 27.1. The van der Waals surface area contributed by atoms with Gasteiger partial charge in [-0.15, -0.1) is 0 Å². The van der Waals surface area contributed by atoms with Crippen molar-refractivity contribution in [3.8, 4) is 0 Å². The first-order chi connectivity index (χ1) is 31.2. The van der Waals surface area contributed by atoms with Gasteiger partial charge in [0.05, 0.1) is 10.8 Å². The molecular formula is C61H66O4. The van der Waals surface area contributed by atoms with Crippen molar-refractivity contribution in [2.24, 2.45) is 5.92 Å². The van der Waals surface area contributed by atoms with E-state index in [0.717, 1.165) is 67.3 Å². The van der Waals surface area contributed by atoms with Crippen LogP contribution < -0.4 is 0 Å². The molecular weight excluding hydrogens is 797 g/mol. The molecule has 0 spiro atoms. The molecule has 8 aromatic carbocycles. The van der Waals surface area contributed by atoms with Gasteiger partial charge in [0.2, 0.25) is 0 Å². The van der Waals surface area contributed by atoms with E-state index in [4.69, 9.17) is 5.11 Å². The second-order valence-electron chi connectivity index (χ2n) is 19.7. The Morgan fingerprint density at radius 1 is 0.538 bits per heavy atom. The number of fused-ring (bicyclic) bond motifs is 8. The van der Waals surface area contributed by atoms with Gasteiger partial charge in [0.25, 0.3) is 0 Å². The molecule has 0 saturated carbocycles. The van der Waals surface area contributed by atoms with Crippen LogP contribution in [0.25, 0.3) is 43.1 Å². The van der Waals surface area contributed by atoms with Crippen LogP contribution in [-0.4, -0.2) is 29.6 Å². The predicted octanol–water partition coefficient (Wildman–Crippen LogP) is 14.4. The quantitative estimate of drug-likeness (QED) is 0.0906. The van der Waals surface area contributed by atoms with E-state index in [-0.39, 0.29) is 0 Å². The standard InChI is InChI=1S/C53H44O3.C4H10.C3H8.CH4O/c1-51(2,31-54)36-17-21-38(22-18-36)53(39-23-19-37(20-24-39)52(3,4)50(55)56,48-42-11-7-5-9-34(42)29-46-40-25-13-32(40)15-27-44(46)48)49-43-12-8-6-10-35(43)30-47-41-26-14-33(41)16-28-45(47)49;1-4(2)3;1-3-2;1-2/h5-12,15-24,27-31H,13-14,25-26H2,1-4H3,(H,55,56);4H,1-3H3;3H2,1-2H3;2H,1H3. The molecule has 65 heavy (non-hydrogen) atoms. The van der Waals surface area contributed by atoms with Gasteiger partial charge in [0, 0.05) is 12.5 Å². The summed E-state index contributed by atoms with van der Waals surface area (Å²) in [6, 6.07) is 49.0. The average Bonchev–Trinajstić information content (AvgIpc) is 3.27. The third-order valence-electron chi connectivity index (χ3n) is 13.5. The highest BCUT2D eigenvalue weighted by Crippen LogP contribution is 2.55. The highest BCUT2D eigenvalue weighted by molar-refractivity contribution is 6.11. The molecule has 0 aromatic heterocycles. The summed E-state index contributed by atoms with van der Waals surface area (Å²) in [4.78, 5) is 25.0. The van der Waals surface area contributed by atoms with E-state index in [1.807, 2.05) is 26.0 Å². The van der Waals surface area contributed by atoms with Gasteiger partial charge in [-0.2, -0.15) is 0 Å². The fraction of sp³-hybridized carbons (Fsp3) is 0.311. The molecule has 0 bridgehead atoms. The number of hydrogen-bond donors (Lipinski definition) is 2. The SMILES string of the molecule is CC(C)(C=O)c1ccc(C(c2ccc(C(C)(C)C(=O)O)cc2)(c2c3ccccc3cc3c4c(ccc23)CC4)c2c3ccccc3cc3c4c(ccc23)CC4)cc1.CC(C)C.CCC.CO. The lowest BCUT2D eigenvalue weighted by Crippen LogP contribution is -2.33. The highest BCUT2D eigenvalue weighted by atomic mass is 16.4. The third kappa shape index (κ3) is 8.16. The summed E-state index contributed by atoms with van der Waals surface area (Å²) in [7, 11) is 1.00. The number of hydrogen-bond acceptors (Lipinski definition) is 3. The minimum absolute atomic E-state index is 0.659. The second kappa shape index (κ2) is 18.8. The monoisotopic (exact) mass is 862 g/mol. The van der Waals surface area contributed by atoms with Crippen molar-refractivity contribution in [2.75, 3.05) is 7.11 Å². The Morgan fingerprint density at radius 3 is 1.26 bits per heavy atom. The molecule has 0 atom stereocenters. The van der Waals surface area contributed by atoms with Crippen LogP contribution in [0, 0.1) is 5.92 Å². The summed E-state index contributed by atoms with van der Waals surface area (Å²) in [5.41, 5.74) is 9.34. The van der Waals surface area contributed by atoms with E-state index in [1.165, 1.54) is 82.9 Å². The van der Waals surface area contributed by atoms with E-state index in [9.17, 15) is 14.7 Å². The van der Waals surface area contributed by atoms with Gasteiger partial charge in [0.1, 0.15) is 6.29 Å². The van der Waals surface area contributed by atoms with Crippen molar-refractivity contribution in [3.63, 3.8) is 0 Å². The molecule has 334 valence electrons. The van der Waals surface area contributed by atoms with Crippen LogP contribution in [0.15, 0.2) is 133 Å². The van der Waals surface area contributed by atoms with E-state index < -0.39 is 22.2 Å². The van der Waals surface area contributed by atoms with Crippen molar-refractivity contribution in [3.05, 3.63) is 189 Å². The van der Waals surface area contributed by atoms with Crippen molar-refractivity contribution in [1.82, 2.24) is 0 Å². The van der Waals surface area contributed by atoms with Gasteiger partial charge in [-0.3, -0.25) is 4.79 Å². The molecule has 0 heterocycles. The van der Waals surface area contributed by atoms with Gasteiger partial charge >= 0.3 is 5.97 Å². The fourth-order valence-corrected chi connectivity index (χ4v) is 9.87. The molecule has 4 heteroatoms. The largest absolute Gasteiger partial charge is 0.481 e. The average molecular weight is 863 g/mol. The van der Waals surface area contributed by atoms with Gasteiger partial charge < -0.3 is 15.0 Å². The van der Waals surface area contributed by atoms with Crippen molar-refractivity contribution < 1.29 is 19.8 Å². The number of aldehydes is 1. The number of aliphatic carboxylic acids is 1. The molecule has 0 saturated heterocycles. The normalized spacial score (nSPS) is 13.0. The Balaban J connectivity index is 0.000000650. The maximum Gasteiger partial charge on any atom is 0.313 e. The molecule has 0 radical (unpaired) electrons. The van der Waals surface area contributed by atoms with Crippen LogP contribution in [0.4, 0.5) is 0 Å². The topological polar surface area (TPSA) is 74.6 Å². The Labute approximate surface area is 386 Å². The predicted molar refractivity (Wildman–Crippen MR) is 274 cm³/mol. The minimum Gasteiger partial charge on any atom is -0.481 e. The molecule has 2 aliphatic rings. The molecule has 8 aromatic rings. The zero-order valence-electron chi connectivity index (χ0n) is 40.1. The van der Waals surface area contributed by atoms with Crippen LogP contribution in [-0.2, 0) is 51.5 Å². The lowest BCUT2D eigenvalue weighted by atomic mass is 9.60. The Bertz CT molecular complexity index is 2880. The van der Waals surface area contributed by atoms with Gasteiger partial charge in [-0.1, -0.05) is 162 Å². The van der Waals surface area contributed by atoms with Crippen molar-refractivity contribution in [1.29, 1.82) is 0 Å². The first-order valence-electron chi connectivity index (χ1n) is 23.5. The molecule has 0 unspecified atom stereocenters. The van der Waals surface area contributed by atoms with Gasteiger partial charge in [-0.05, 0) is 170 Å². The molecule has 2 aliphatic carbocycles. The molecule has 0 fully saturated rings. The number of rotatable bonds is 8. The zero-order chi connectivity index (χ0) is 46.8. The van der Waals surface area contributed by atoms with E-state index in [1.54, 1.807) is 13.8 Å². The second-order valence-corrected chi connectivity index (χ2v) is 19.7. The lowest BCUT2D eigenvalue weighted by molar-refractivity contribution is -0.142. The van der Waals surface area contributed by atoms with E-state index >= 15 is 0 Å². The maximum absolute atomic E-state index is 12.6. The van der Waals surface area contributed by atoms with Crippen LogP contribution in [0.2, 0.25) is 0 Å². The first-order valence-corrected chi connectivity index (χ1v) is 23.5. The summed E-state index contributed by atoms with van der Waals surface area (Å²) in [5.74, 6) is -0.0272. The number of carbonyl (C=O) groups is 2. The maximum atomic E-state index is 12.6. The minimum atomic E-state index is -1.08. The van der Waals surface area contributed by atoms with Crippen LogP contribution in [0.1, 0.15) is 124 Å². The number of aliphatic hydroxyl groups excluding tert-OH is 1. The van der Waals surface area contributed by atoms with Crippen molar-refractivity contribution >= 4 is 55.3 Å². The fourth-order valence-electron chi connectivity index (χ4n) is 9.87. The Hall–Kier alpha value is -6.10. The van der Waals surface area contributed by atoms with Crippen LogP contribution in [0.5, 0.6) is 0 Å². The number of carboxylic acid groups (broad SMARTS) is 1. The van der Waals surface area contributed by atoms with Gasteiger partial charge in [0.15, 0.2) is 0 Å². The third-order valence-corrected chi connectivity index (χ3v) is 13.5. The molecule has 10 rings (SSSR count). The molecule has 2 N–H and O–H groups in total. The Kier molecular flexibility index (Phi) is 13.5. The Morgan fingerprint density at radius 2 is 0.908 bits per heavy atom. The number of carboxylic acids is 1. The summed E-state index contributed by atoms with van der Waals surface area (Å²) in [6.45, 7) is 18.2. The van der Waals surface area contributed by atoms with E-state index in [2.05, 4.69) is 156 Å². The smallest absolute Gasteiger partial charge is 0.313 e. The van der Waals surface area contributed by atoms with Crippen LogP contribution >= 0.6 is 0 Å². The molecule has 0 aliphatic heterocycles. The number of benzene rings is 8. The van der Waals surface area contributed by atoms with E-state index in [0.29, 0.717) is 0 Å².